The van der Waals surface area contributed by atoms with Gasteiger partial charge < -0.3 is 8.83 Å². The highest BCUT2D eigenvalue weighted by Gasteiger charge is 2.22. The van der Waals surface area contributed by atoms with Crippen molar-refractivity contribution in [3.8, 4) is 11.1 Å². The molecule has 8 aromatic carbocycles. The number of fused-ring (bicyclic) bond motifs is 8. The summed E-state index contributed by atoms with van der Waals surface area (Å²) < 4.78 is 13.2. The van der Waals surface area contributed by atoms with E-state index in [-0.39, 0.29) is 0 Å². The molecule has 0 bridgehead atoms. The van der Waals surface area contributed by atoms with Gasteiger partial charge in [-0.25, -0.2) is 4.99 Å². The molecule has 0 radical (unpaired) electrons. The van der Waals surface area contributed by atoms with Crippen molar-refractivity contribution < 1.29 is 8.83 Å². The summed E-state index contributed by atoms with van der Waals surface area (Å²) in [6, 6.07) is 57.8. The summed E-state index contributed by atoms with van der Waals surface area (Å²) in [5.74, 6) is 0. The van der Waals surface area contributed by atoms with E-state index >= 15 is 0 Å². The zero-order chi connectivity index (χ0) is 34.9. The van der Waals surface area contributed by atoms with Gasteiger partial charge in [-0.05, 0) is 87.1 Å². The number of allylic oxidation sites excluding steroid dienone is 3. The van der Waals surface area contributed by atoms with Gasteiger partial charge >= 0.3 is 0 Å². The predicted octanol–water partition coefficient (Wildman–Crippen LogP) is 13.8. The maximum atomic E-state index is 6.84. The standard InChI is InChI=1S/C50H31NO2/c1-3-12-33-28-35(22-20-31(33)10-1)36-24-27-43(37-23-21-32-11-2-4-13-34(32)29-37)51-44(30-36)40-26-25-39(50-49(40)42-15-6-8-18-46(42)53-50)38-16-9-19-47-48(38)41-14-5-7-17-45(41)52-47/h1-23,25-30H,24H2. The summed E-state index contributed by atoms with van der Waals surface area (Å²) in [7, 11) is 0. The van der Waals surface area contributed by atoms with Crippen molar-refractivity contribution in [2.24, 2.45) is 4.99 Å². The van der Waals surface area contributed by atoms with Gasteiger partial charge in [0.15, 0.2) is 0 Å². The summed E-state index contributed by atoms with van der Waals surface area (Å²) in [5.41, 5.74) is 11.9. The van der Waals surface area contributed by atoms with E-state index in [2.05, 4.69) is 152 Å². The first kappa shape index (κ1) is 29.7. The predicted molar refractivity (Wildman–Crippen MR) is 221 cm³/mol. The van der Waals surface area contributed by atoms with Gasteiger partial charge in [-0.15, -0.1) is 0 Å². The molecule has 10 aromatic rings. The van der Waals surface area contributed by atoms with Crippen molar-refractivity contribution in [2.75, 3.05) is 0 Å². The van der Waals surface area contributed by atoms with Crippen LogP contribution in [0.15, 0.2) is 190 Å². The maximum Gasteiger partial charge on any atom is 0.143 e. The minimum absolute atomic E-state index is 0.746. The van der Waals surface area contributed by atoms with Crippen molar-refractivity contribution in [3.05, 3.63) is 193 Å². The van der Waals surface area contributed by atoms with Crippen molar-refractivity contribution in [1.29, 1.82) is 0 Å². The van der Waals surface area contributed by atoms with Gasteiger partial charge in [-0.2, -0.15) is 0 Å². The fourth-order valence-corrected chi connectivity index (χ4v) is 8.15. The lowest BCUT2D eigenvalue weighted by atomic mass is 9.92. The molecule has 248 valence electrons. The number of rotatable bonds is 4. The molecule has 3 nitrogen and oxygen atoms in total. The number of hydrogen-bond donors (Lipinski definition) is 0. The van der Waals surface area contributed by atoms with Crippen molar-refractivity contribution >= 4 is 82.4 Å². The molecule has 0 fully saturated rings. The number of para-hydroxylation sites is 2. The lowest BCUT2D eigenvalue weighted by molar-refractivity contribution is 0.668. The quantitative estimate of drug-likeness (QED) is 0.186. The molecular weight excluding hydrogens is 647 g/mol. The van der Waals surface area contributed by atoms with Crippen LogP contribution in [0, 0.1) is 0 Å². The van der Waals surface area contributed by atoms with E-state index in [4.69, 9.17) is 13.8 Å². The number of furan rings is 2. The van der Waals surface area contributed by atoms with Crippen molar-refractivity contribution in [1.82, 2.24) is 0 Å². The Balaban J connectivity index is 1.17. The molecule has 0 aliphatic carbocycles. The molecule has 3 heterocycles. The fourth-order valence-electron chi connectivity index (χ4n) is 8.15. The number of nitrogens with zero attached hydrogens (tertiary/aromatic N) is 1. The van der Waals surface area contributed by atoms with Crippen LogP contribution in [0.25, 0.3) is 87.8 Å². The third kappa shape index (κ3) is 4.86. The fraction of sp³-hybridized carbons (Fsp3) is 0.0200. The molecule has 53 heavy (non-hydrogen) atoms. The first-order valence-corrected chi connectivity index (χ1v) is 18.1. The van der Waals surface area contributed by atoms with E-state index in [0.29, 0.717) is 0 Å². The summed E-state index contributed by atoms with van der Waals surface area (Å²) >= 11 is 0. The average molecular weight is 678 g/mol. The third-order valence-corrected chi connectivity index (χ3v) is 10.7. The van der Waals surface area contributed by atoms with Crippen LogP contribution >= 0.6 is 0 Å². The maximum absolute atomic E-state index is 6.84. The molecular formula is C50H31NO2. The van der Waals surface area contributed by atoms with Crippen molar-refractivity contribution in [3.63, 3.8) is 0 Å². The van der Waals surface area contributed by atoms with E-state index in [0.717, 1.165) is 84.0 Å². The minimum Gasteiger partial charge on any atom is -0.456 e. The van der Waals surface area contributed by atoms with Gasteiger partial charge in [0.25, 0.3) is 0 Å². The number of benzene rings is 8. The Bertz CT molecular complexity index is 3200. The first-order valence-electron chi connectivity index (χ1n) is 18.1. The van der Waals surface area contributed by atoms with Crippen LogP contribution in [-0.2, 0) is 0 Å². The normalized spacial score (nSPS) is 13.5. The summed E-state index contributed by atoms with van der Waals surface area (Å²) in [4.78, 5) is 5.53. The number of aliphatic imine (C=N–C) groups is 1. The summed E-state index contributed by atoms with van der Waals surface area (Å²) in [6.07, 6.45) is 5.31. The van der Waals surface area contributed by atoms with Crippen LogP contribution < -0.4 is 0 Å². The Morgan fingerprint density at radius 3 is 1.81 bits per heavy atom. The number of hydrogen-bond acceptors (Lipinski definition) is 3. The van der Waals surface area contributed by atoms with Gasteiger partial charge in [0.2, 0.25) is 0 Å². The van der Waals surface area contributed by atoms with E-state index in [1.807, 2.05) is 24.3 Å². The molecule has 0 N–H and O–H groups in total. The largest absolute Gasteiger partial charge is 0.456 e. The summed E-state index contributed by atoms with van der Waals surface area (Å²) in [6.45, 7) is 0. The van der Waals surface area contributed by atoms with E-state index < -0.39 is 0 Å². The zero-order valence-corrected chi connectivity index (χ0v) is 28.7. The van der Waals surface area contributed by atoms with Gasteiger partial charge in [-0.3, -0.25) is 0 Å². The lowest BCUT2D eigenvalue weighted by Crippen LogP contribution is -2.00. The highest BCUT2D eigenvalue weighted by atomic mass is 16.3. The zero-order valence-electron chi connectivity index (χ0n) is 28.7. The molecule has 0 atom stereocenters. The van der Waals surface area contributed by atoms with E-state index in [1.165, 1.54) is 32.7 Å². The second-order valence-electron chi connectivity index (χ2n) is 13.8. The van der Waals surface area contributed by atoms with E-state index in [1.54, 1.807) is 0 Å². The molecule has 0 saturated carbocycles. The molecule has 0 amide bonds. The highest BCUT2D eigenvalue weighted by Crippen LogP contribution is 2.43. The Labute approximate surface area is 305 Å². The summed E-state index contributed by atoms with van der Waals surface area (Å²) in [5, 5.41) is 9.16. The SMILES string of the molecule is C1=C(c2ccc3ccccc3c2)CC=C(c2ccc3ccccc3c2)N=C1c1ccc(-c2cccc3oc4ccccc4c23)c2oc3ccccc3c12. The molecule has 0 unspecified atom stereocenters. The molecule has 1 aliphatic rings. The molecule has 3 heteroatoms. The van der Waals surface area contributed by atoms with Crippen LogP contribution in [0.1, 0.15) is 23.1 Å². The van der Waals surface area contributed by atoms with Crippen molar-refractivity contribution in [2.45, 2.75) is 6.42 Å². The molecule has 11 rings (SSSR count). The van der Waals surface area contributed by atoms with E-state index in [9.17, 15) is 0 Å². The third-order valence-electron chi connectivity index (χ3n) is 10.7. The second-order valence-corrected chi connectivity index (χ2v) is 13.8. The van der Waals surface area contributed by atoms with Crippen LogP contribution in [0.2, 0.25) is 0 Å². The second kappa shape index (κ2) is 11.8. The lowest BCUT2D eigenvalue weighted by Gasteiger charge is -2.11. The van der Waals surface area contributed by atoms with Gasteiger partial charge in [0.1, 0.15) is 22.3 Å². The average Bonchev–Trinajstić information content (AvgIpc) is 3.71. The molecule has 1 aliphatic heterocycles. The van der Waals surface area contributed by atoms with Crippen LogP contribution in [-0.4, -0.2) is 5.71 Å². The Kier molecular flexibility index (Phi) is 6.62. The van der Waals surface area contributed by atoms with Crippen LogP contribution in [0.3, 0.4) is 0 Å². The Morgan fingerprint density at radius 1 is 0.434 bits per heavy atom. The molecule has 0 spiro atoms. The van der Waals surface area contributed by atoms with Gasteiger partial charge in [-0.1, -0.05) is 133 Å². The monoisotopic (exact) mass is 677 g/mol. The molecule has 2 aromatic heterocycles. The van der Waals surface area contributed by atoms with Gasteiger partial charge in [0.05, 0.1) is 11.4 Å². The first-order chi connectivity index (χ1) is 26.2. The van der Waals surface area contributed by atoms with Crippen LogP contribution in [0.5, 0.6) is 0 Å². The minimum atomic E-state index is 0.746. The van der Waals surface area contributed by atoms with Crippen LogP contribution in [0.4, 0.5) is 0 Å². The molecule has 0 saturated heterocycles. The highest BCUT2D eigenvalue weighted by molar-refractivity contribution is 6.27. The Hall–Kier alpha value is -6.97. The van der Waals surface area contributed by atoms with Gasteiger partial charge in [0, 0.05) is 38.2 Å². The Morgan fingerprint density at radius 2 is 1.04 bits per heavy atom. The topological polar surface area (TPSA) is 38.6 Å². The smallest absolute Gasteiger partial charge is 0.143 e.